The normalized spacial score (nSPS) is 18.1. The van der Waals surface area contributed by atoms with Gasteiger partial charge in [0.1, 0.15) is 23.9 Å². The van der Waals surface area contributed by atoms with Gasteiger partial charge in [-0.1, -0.05) is 35.9 Å². The molecule has 0 fully saturated rings. The zero-order valence-electron chi connectivity index (χ0n) is 24.5. The Balaban J connectivity index is 2.46. The third-order valence-electron chi connectivity index (χ3n) is 7.28. The minimum Gasteiger partial charge on any atom is -0.464 e. The molecular formula is C30H41Cl2FN4O5S. The fourth-order valence-corrected chi connectivity index (χ4v) is 6.13. The summed E-state index contributed by atoms with van der Waals surface area (Å²) >= 11 is 13.8. The first kappa shape index (κ1) is 36.6. The Hall–Kier alpha value is -2.60. The molecule has 0 saturated carbocycles. The molecule has 1 aromatic rings. The third kappa shape index (κ3) is 11.4. The van der Waals surface area contributed by atoms with Gasteiger partial charge >= 0.3 is 5.97 Å². The summed E-state index contributed by atoms with van der Waals surface area (Å²) < 4.78 is 18.7. The number of esters is 1. The fourth-order valence-electron chi connectivity index (χ4n) is 5.04. The van der Waals surface area contributed by atoms with E-state index < -0.39 is 47.1 Å². The number of hydrazine groups is 1. The number of benzene rings is 1. The van der Waals surface area contributed by atoms with Crippen LogP contribution >= 0.6 is 35.0 Å². The number of rotatable bonds is 19. The van der Waals surface area contributed by atoms with Crippen molar-refractivity contribution in [3.63, 3.8) is 0 Å². The Bertz CT molecular complexity index is 1140. The van der Waals surface area contributed by atoms with Gasteiger partial charge < -0.3 is 15.4 Å². The van der Waals surface area contributed by atoms with Crippen LogP contribution in [0.15, 0.2) is 48.1 Å². The number of alkyl halides is 2. The highest BCUT2D eigenvalue weighted by molar-refractivity contribution is 7.98. The molecule has 1 aliphatic rings. The summed E-state index contributed by atoms with van der Waals surface area (Å²) in [5, 5.41) is 6.05. The van der Waals surface area contributed by atoms with E-state index in [9.17, 15) is 23.6 Å². The van der Waals surface area contributed by atoms with Crippen LogP contribution in [0.25, 0.3) is 0 Å². The molecule has 1 unspecified atom stereocenters. The number of nitrogens with one attached hydrogen (secondary N) is 2. The highest BCUT2D eigenvalue weighted by atomic mass is 35.5. The van der Waals surface area contributed by atoms with E-state index in [0.717, 1.165) is 10.6 Å². The van der Waals surface area contributed by atoms with Crippen molar-refractivity contribution in [1.82, 2.24) is 15.6 Å². The molecule has 1 aromatic carbocycles. The molecule has 2 rings (SSSR count). The molecule has 0 spiro atoms. The maximum absolute atomic E-state index is 14.0. The Morgan fingerprint density at radius 3 is 2.53 bits per heavy atom. The molecule has 0 heterocycles. The van der Waals surface area contributed by atoms with Gasteiger partial charge in [-0.15, -0.1) is 23.2 Å². The number of hydrogen-bond donors (Lipinski definition) is 3. The van der Waals surface area contributed by atoms with E-state index >= 15 is 0 Å². The molecule has 0 saturated heterocycles. The van der Waals surface area contributed by atoms with E-state index in [1.807, 2.05) is 24.5 Å². The Kier molecular flexibility index (Phi) is 16.1. The summed E-state index contributed by atoms with van der Waals surface area (Å²) in [5.41, 5.74) is 1.01. The lowest BCUT2D eigenvalue weighted by Crippen LogP contribution is -2.61. The fraction of sp³-hybridized carbons (Fsp3) is 0.533. The highest BCUT2D eigenvalue weighted by Crippen LogP contribution is 2.41. The second kappa shape index (κ2) is 18.9. The first-order chi connectivity index (χ1) is 20.6. The summed E-state index contributed by atoms with van der Waals surface area (Å²) in [6, 6.07) is 2.15. The summed E-state index contributed by atoms with van der Waals surface area (Å²) in [6.07, 6.45) is 10.2. The molecular weight excluding hydrogens is 618 g/mol. The van der Waals surface area contributed by atoms with Crippen molar-refractivity contribution in [3.05, 3.63) is 59.4 Å². The Labute approximate surface area is 267 Å². The largest absolute Gasteiger partial charge is 0.464 e. The first-order valence-corrected chi connectivity index (χ1v) is 16.6. The lowest BCUT2D eigenvalue weighted by molar-refractivity contribution is -0.149. The summed E-state index contributed by atoms with van der Waals surface area (Å²) in [4.78, 5) is 51.9. The second-order valence-electron chi connectivity index (χ2n) is 10.3. The quantitative estimate of drug-likeness (QED) is 0.0514. The van der Waals surface area contributed by atoms with Gasteiger partial charge in [-0.2, -0.15) is 11.8 Å². The SMILES string of the molecule is CCOC(=O)[C@H](CCSC)NC(=O)[C@H](CC1(CCCl)C=CC=C(CCCl)C1)N(N)C(=O)[C@H](Cc1ccc(F)cc1)NC=O. The number of nitrogens with two attached hydrogens (primary N) is 1. The van der Waals surface area contributed by atoms with Crippen LogP contribution in [0.5, 0.6) is 0 Å². The molecule has 13 heteroatoms. The van der Waals surface area contributed by atoms with Crippen molar-refractivity contribution in [2.75, 3.05) is 30.4 Å². The van der Waals surface area contributed by atoms with Gasteiger partial charge in [0.15, 0.2) is 0 Å². The zero-order valence-corrected chi connectivity index (χ0v) is 26.9. The monoisotopic (exact) mass is 658 g/mol. The molecule has 4 N–H and O–H groups in total. The molecule has 3 amide bonds. The average molecular weight is 660 g/mol. The van der Waals surface area contributed by atoms with Crippen molar-refractivity contribution in [1.29, 1.82) is 0 Å². The van der Waals surface area contributed by atoms with Crippen LogP contribution in [0.4, 0.5) is 4.39 Å². The number of halogens is 3. The van der Waals surface area contributed by atoms with Gasteiger partial charge in [0, 0.05) is 18.2 Å². The molecule has 43 heavy (non-hydrogen) atoms. The third-order valence-corrected chi connectivity index (χ3v) is 8.30. The molecule has 4 atom stereocenters. The van der Waals surface area contributed by atoms with Crippen LogP contribution in [-0.4, -0.2) is 77.7 Å². The molecule has 0 aromatic heterocycles. The lowest BCUT2D eigenvalue weighted by atomic mass is 9.71. The minimum absolute atomic E-state index is 0.00833. The van der Waals surface area contributed by atoms with Crippen LogP contribution in [0.1, 0.15) is 44.6 Å². The molecule has 0 aliphatic heterocycles. The second-order valence-corrected chi connectivity index (χ2v) is 12.1. The Morgan fingerprint density at radius 2 is 1.93 bits per heavy atom. The first-order valence-electron chi connectivity index (χ1n) is 14.1. The highest BCUT2D eigenvalue weighted by Gasteiger charge is 2.41. The van der Waals surface area contributed by atoms with Gasteiger partial charge in [-0.05, 0) is 74.1 Å². The molecule has 238 valence electrons. The number of allylic oxidation sites excluding steroid dienone is 4. The van der Waals surface area contributed by atoms with Crippen LogP contribution in [0.2, 0.25) is 0 Å². The van der Waals surface area contributed by atoms with E-state index in [-0.39, 0.29) is 25.3 Å². The maximum atomic E-state index is 14.0. The Morgan fingerprint density at radius 1 is 1.21 bits per heavy atom. The topological polar surface area (TPSA) is 131 Å². The number of thioether (sulfide) groups is 1. The molecule has 0 radical (unpaired) electrons. The maximum Gasteiger partial charge on any atom is 0.328 e. The number of hydrogen-bond acceptors (Lipinski definition) is 7. The van der Waals surface area contributed by atoms with Crippen molar-refractivity contribution in [2.45, 2.75) is 63.6 Å². The number of ether oxygens (including phenoxy) is 1. The van der Waals surface area contributed by atoms with Gasteiger partial charge in [0.05, 0.1) is 6.61 Å². The molecule has 9 nitrogen and oxygen atoms in total. The summed E-state index contributed by atoms with van der Waals surface area (Å²) in [7, 11) is 0. The molecule has 1 aliphatic carbocycles. The van der Waals surface area contributed by atoms with E-state index in [1.165, 1.54) is 36.0 Å². The van der Waals surface area contributed by atoms with Gasteiger partial charge in [-0.3, -0.25) is 19.4 Å². The van der Waals surface area contributed by atoms with E-state index in [1.54, 1.807) is 6.92 Å². The number of amides is 3. The lowest BCUT2D eigenvalue weighted by Gasteiger charge is -2.39. The van der Waals surface area contributed by atoms with Gasteiger partial charge in [0.2, 0.25) is 12.3 Å². The standard InChI is InChI=1S/C30H41Cl2FN4O5S/c1-3-42-29(41)24(11-16-43-2)36-27(39)26(19-30(13-15-32)12-4-5-22(18-30)10-14-31)37(34)28(40)25(35-20-38)17-21-6-8-23(33)9-7-21/h4-9,12,20,24-26H,3,10-11,13-19,34H2,1-2H3,(H,35,38)(H,36,39)/t24-,25-,26-,30?/m0/s1. The zero-order chi connectivity index (χ0) is 31.8. The predicted molar refractivity (Wildman–Crippen MR) is 169 cm³/mol. The van der Waals surface area contributed by atoms with Crippen LogP contribution in [0, 0.1) is 11.2 Å². The van der Waals surface area contributed by atoms with Crippen molar-refractivity contribution >= 4 is 59.2 Å². The van der Waals surface area contributed by atoms with E-state index in [0.29, 0.717) is 49.3 Å². The number of nitrogens with zero attached hydrogens (tertiary/aromatic N) is 1. The van der Waals surface area contributed by atoms with Crippen LogP contribution < -0.4 is 16.5 Å². The predicted octanol–water partition coefficient (Wildman–Crippen LogP) is 3.88. The number of carbonyl (C=O) groups is 4. The molecule has 0 bridgehead atoms. The minimum atomic E-state index is -1.24. The van der Waals surface area contributed by atoms with Crippen molar-refractivity contribution < 1.29 is 28.3 Å². The van der Waals surface area contributed by atoms with Crippen LogP contribution in [0.3, 0.4) is 0 Å². The van der Waals surface area contributed by atoms with Gasteiger partial charge in [0.25, 0.3) is 5.91 Å². The van der Waals surface area contributed by atoms with E-state index in [4.69, 9.17) is 33.8 Å². The van der Waals surface area contributed by atoms with Crippen LogP contribution in [-0.2, 0) is 30.3 Å². The van der Waals surface area contributed by atoms with Gasteiger partial charge in [-0.25, -0.2) is 15.0 Å². The summed E-state index contributed by atoms with van der Waals surface area (Å²) in [6.45, 7) is 1.81. The smallest absolute Gasteiger partial charge is 0.328 e. The average Bonchev–Trinajstić information content (AvgIpc) is 2.98. The summed E-state index contributed by atoms with van der Waals surface area (Å²) in [5.74, 6) is 5.31. The van der Waals surface area contributed by atoms with Crippen molar-refractivity contribution in [2.24, 2.45) is 11.3 Å². The van der Waals surface area contributed by atoms with E-state index in [2.05, 4.69) is 10.6 Å². The van der Waals surface area contributed by atoms with Crippen molar-refractivity contribution in [3.8, 4) is 0 Å². The number of carbonyl (C=O) groups excluding carboxylic acids is 4.